The molecule has 0 bridgehead atoms. The highest BCUT2D eigenvalue weighted by atomic mass is 16.5. The number of nitrogens with two attached hydrogens (primary N) is 1. The fourth-order valence-corrected chi connectivity index (χ4v) is 3.58. The number of primary amides is 1. The fourth-order valence-electron chi connectivity index (χ4n) is 3.58. The zero-order valence-electron chi connectivity index (χ0n) is 14.0. The maximum Gasteiger partial charge on any atom is 0.257 e. The highest BCUT2D eigenvalue weighted by molar-refractivity contribution is 5.97. The van der Waals surface area contributed by atoms with Gasteiger partial charge in [0.05, 0.1) is 29.9 Å². The summed E-state index contributed by atoms with van der Waals surface area (Å²) in [6.07, 6.45) is 3.61. The van der Waals surface area contributed by atoms with Crippen molar-refractivity contribution in [1.82, 2.24) is 9.88 Å². The molecule has 0 saturated carbocycles. The van der Waals surface area contributed by atoms with Crippen molar-refractivity contribution in [1.29, 1.82) is 0 Å². The number of carbonyl (C=O) groups excluding carboxylic acids is 2. The molecule has 0 spiro atoms. The van der Waals surface area contributed by atoms with Gasteiger partial charge in [0.2, 0.25) is 5.91 Å². The van der Waals surface area contributed by atoms with E-state index < -0.39 is 5.41 Å². The monoisotopic (exact) mass is 333 g/mol. The summed E-state index contributed by atoms with van der Waals surface area (Å²) in [5.74, 6) is -0.108. The second-order valence-corrected chi connectivity index (χ2v) is 6.77. The van der Waals surface area contributed by atoms with Gasteiger partial charge in [-0.2, -0.15) is 0 Å². The summed E-state index contributed by atoms with van der Waals surface area (Å²) in [7, 11) is 0. The molecule has 3 rings (SSSR count). The number of aromatic nitrogens is 1. The number of hydrogen-bond donors (Lipinski definition) is 1. The van der Waals surface area contributed by atoms with E-state index in [4.69, 9.17) is 15.2 Å². The van der Waals surface area contributed by atoms with Gasteiger partial charge in [0.1, 0.15) is 0 Å². The van der Waals surface area contributed by atoms with Crippen molar-refractivity contribution in [3.8, 4) is 5.75 Å². The van der Waals surface area contributed by atoms with Gasteiger partial charge in [-0.1, -0.05) is 0 Å². The van der Waals surface area contributed by atoms with E-state index in [1.165, 1.54) is 0 Å². The van der Waals surface area contributed by atoms with Crippen LogP contribution in [0.2, 0.25) is 0 Å². The number of ether oxygens (including phenoxy) is 2. The molecule has 2 saturated heterocycles. The highest BCUT2D eigenvalue weighted by Gasteiger charge is 2.53. The normalized spacial score (nSPS) is 26.3. The Morgan fingerprint density at radius 2 is 2.29 bits per heavy atom. The van der Waals surface area contributed by atoms with Crippen molar-refractivity contribution in [2.75, 3.05) is 26.3 Å². The third kappa shape index (κ3) is 2.84. The minimum Gasteiger partial charge on any atom is -0.489 e. The maximum atomic E-state index is 13.0. The van der Waals surface area contributed by atoms with Gasteiger partial charge in [0.15, 0.2) is 5.75 Å². The molecule has 2 aliphatic rings. The maximum absolute atomic E-state index is 13.0. The van der Waals surface area contributed by atoms with E-state index in [1.54, 1.807) is 23.4 Å². The van der Waals surface area contributed by atoms with Crippen LogP contribution in [0.5, 0.6) is 5.75 Å². The molecule has 2 atom stereocenters. The molecular weight excluding hydrogens is 310 g/mol. The van der Waals surface area contributed by atoms with Crippen LogP contribution in [0, 0.1) is 11.3 Å². The molecule has 7 nitrogen and oxygen atoms in total. The molecule has 24 heavy (non-hydrogen) atoms. The van der Waals surface area contributed by atoms with Gasteiger partial charge >= 0.3 is 0 Å². The summed E-state index contributed by atoms with van der Waals surface area (Å²) in [5, 5.41) is 0. The van der Waals surface area contributed by atoms with Crippen LogP contribution in [-0.4, -0.2) is 54.1 Å². The summed E-state index contributed by atoms with van der Waals surface area (Å²) >= 11 is 0. The summed E-state index contributed by atoms with van der Waals surface area (Å²) in [5.41, 5.74) is 5.45. The predicted octanol–water partition coefficient (Wildman–Crippen LogP) is 0.833. The largest absolute Gasteiger partial charge is 0.489 e. The molecule has 130 valence electrons. The number of hydrogen-bond acceptors (Lipinski definition) is 5. The second kappa shape index (κ2) is 6.39. The van der Waals surface area contributed by atoms with Crippen LogP contribution in [-0.2, 0) is 9.53 Å². The molecule has 0 radical (unpaired) electrons. The van der Waals surface area contributed by atoms with Crippen LogP contribution in [0.1, 0.15) is 30.6 Å². The Hall–Kier alpha value is -2.15. The van der Waals surface area contributed by atoms with E-state index in [-0.39, 0.29) is 23.8 Å². The SMILES string of the molecule is CC(C)Oc1cnccc1C(=O)N1C[C@@H]2COCC[C@]2(C(N)=O)C1. The average Bonchev–Trinajstić information content (AvgIpc) is 2.95. The van der Waals surface area contributed by atoms with Crippen LogP contribution < -0.4 is 10.5 Å². The van der Waals surface area contributed by atoms with Crippen molar-refractivity contribution in [3.63, 3.8) is 0 Å². The molecule has 0 unspecified atom stereocenters. The number of likely N-dealkylation sites (tertiary alicyclic amines) is 1. The number of rotatable bonds is 4. The third-order valence-electron chi connectivity index (χ3n) is 4.86. The topological polar surface area (TPSA) is 94.8 Å². The molecule has 7 heteroatoms. The Balaban J connectivity index is 1.86. The molecule has 2 N–H and O–H groups in total. The first-order chi connectivity index (χ1) is 11.4. The van der Waals surface area contributed by atoms with Crippen molar-refractivity contribution < 1.29 is 19.1 Å². The number of nitrogens with zero attached hydrogens (tertiary/aromatic N) is 2. The van der Waals surface area contributed by atoms with E-state index in [1.807, 2.05) is 13.8 Å². The molecule has 2 fully saturated rings. The Labute approximate surface area is 141 Å². The summed E-state index contributed by atoms with van der Waals surface area (Å²) in [6, 6.07) is 1.65. The molecule has 3 heterocycles. The average molecular weight is 333 g/mol. The molecule has 2 aliphatic heterocycles. The fraction of sp³-hybridized carbons (Fsp3) is 0.588. The van der Waals surface area contributed by atoms with E-state index in [2.05, 4.69) is 4.98 Å². The van der Waals surface area contributed by atoms with Gasteiger partial charge < -0.3 is 20.1 Å². The number of amides is 2. The summed E-state index contributed by atoms with van der Waals surface area (Å²) < 4.78 is 11.2. The number of pyridine rings is 1. The lowest BCUT2D eigenvalue weighted by Crippen LogP contribution is -2.48. The first kappa shape index (κ1) is 16.7. The lowest BCUT2D eigenvalue weighted by atomic mass is 9.74. The molecule has 2 amide bonds. The first-order valence-corrected chi connectivity index (χ1v) is 8.21. The third-order valence-corrected chi connectivity index (χ3v) is 4.86. The molecule has 0 aliphatic carbocycles. The number of fused-ring (bicyclic) bond motifs is 1. The van der Waals surface area contributed by atoms with Crippen LogP contribution in [0.4, 0.5) is 0 Å². The predicted molar refractivity (Wildman–Crippen MR) is 86.5 cm³/mol. The van der Waals surface area contributed by atoms with E-state index in [0.717, 1.165) is 0 Å². The van der Waals surface area contributed by atoms with Crippen molar-refractivity contribution in [3.05, 3.63) is 24.0 Å². The smallest absolute Gasteiger partial charge is 0.257 e. The van der Waals surface area contributed by atoms with Crippen LogP contribution in [0.15, 0.2) is 18.5 Å². The minimum absolute atomic E-state index is 0.0518. The van der Waals surface area contributed by atoms with Gasteiger partial charge in [-0.25, -0.2) is 0 Å². The van der Waals surface area contributed by atoms with E-state index in [0.29, 0.717) is 44.0 Å². The van der Waals surface area contributed by atoms with Gasteiger partial charge in [0.25, 0.3) is 5.91 Å². The van der Waals surface area contributed by atoms with Gasteiger partial charge in [-0.05, 0) is 26.3 Å². The van der Waals surface area contributed by atoms with Crippen molar-refractivity contribution >= 4 is 11.8 Å². The van der Waals surface area contributed by atoms with Crippen molar-refractivity contribution in [2.45, 2.75) is 26.4 Å². The van der Waals surface area contributed by atoms with Crippen LogP contribution in [0.3, 0.4) is 0 Å². The summed E-state index contributed by atoms with van der Waals surface area (Å²) in [4.78, 5) is 30.8. The molecule has 0 aromatic carbocycles. The quantitative estimate of drug-likeness (QED) is 0.881. The number of carbonyl (C=O) groups is 2. The Kier molecular flexibility index (Phi) is 4.45. The van der Waals surface area contributed by atoms with Gasteiger partial charge in [-0.15, -0.1) is 0 Å². The minimum atomic E-state index is -0.681. The Bertz CT molecular complexity index is 648. The van der Waals surface area contributed by atoms with Crippen LogP contribution >= 0.6 is 0 Å². The molecular formula is C17H23N3O4. The molecule has 1 aromatic rings. The van der Waals surface area contributed by atoms with E-state index >= 15 is 0 Å². The molecule has 1 aromatic heterocycles. The van der Waals surface area contributed by atoms with Crippen molar-refractivity contribution in [2.24, 2.45) is 17.1 Å². The zero-order chi connectivity index (χ0) is 17.3. The first-order valence-electron chi connectivity index (χ1n) is 8.21. The lowest BCUT2D eigenvalue weighted by molar-refractivity contribution is -0.135. The van der Waals surface area contributed by atoms with Gasteiger partial charge in [-0.3, -0.25) is 14.6 Å². The lowest BCUT2D eigenvalue weighted by Gasteiger charge is -2.34. The summed E-state index contributed by atoms with van der Waals surface area (Å²) in [6.45, 7) is 5.54. The second-order valence-electron chi connectivity index (χ2n) is 6.77. The Morgan fingerprint density at radius 3 is 2.96 bits per heavy atom. The van der Waals surface area contributed by atoms with E-state index in [9.17, 15) is 9.59 Å². The highest BCUT2D eigenvalue weighted by Crippen LogP contribution is 2.42. The Morgan fingerprint density at radius 1 is 1.50 bits per heavy atom. The standard InChI is InChI=1S/C17H23N3O4/c1-11(2)24-14-7-19-5-3-13(14)15(21)20-8-12-9-23-6-4-17(12,10-20)16(18)22/h3,5,7,11-12H,4,6,8-10H2,1-2H3,(H2,18,22)/t12-,17+/m1/s1. The van der Waals surface area contributed by atoms with Crippen LogP contribution in [0.25, 0.3) is 0 Å². The zero-order valence-corrected chi connectivity index (χ0v) is 14.0. The van der Waals surface area contributed by atoms with Gasteiger partial charge in [0, 0.05) is 31.8 Å².